The fourth-order valence-electron chi connectivity index (χ4n) is 2.53. The van der Waals surface area contributed by atoms with Crippen LogP contribution in [-0.2, 0) is 4.79 Å². The van der Waals surface area contributed by atoms with E-state index < -0.39 is 0 Å². The summed E-state index contributed by atoms with van der Waals surface area (Å²) >= 11 is 0. The number of nitrogens with one attached hydrogen (secondary N) is 1. The van der Waals surface area contributed by atoms with Crippen molar-refractivity contribution in [2.24, 2.45) is 0 Å². The van der Waals surface area contributed by atoms with Crippen molar-refractivity contribution in [2.75, 3.05) is 11.9 Å². The molecule has 0 spiro atoms. The van der Waals surface area contributed by atoms with Gasteiger partial charge in [0.25, 0.3) is 0 Å². The van der Waals surface area contributed by atoms with Crippen LogP contribution in [0.3, 0.4) is 0 Å². The largest absolute Gasteiger partial charge is 0.494 e. The molecule has 1 amide bonds. The lowest BCUT2D eigenvalue weighted by Gasteiger charge is -2.11. The van der Waals surface area contributed by atoms with Crippen LogP contribution in [0.5, 0.6) is 5.75 Å². The predicted octanol–water partition coefficient (Wildman–Crippen LogP) is 3.08. The van der Waals surface area contributed by atoms with Gasteiger partial charge in [-0.2, -0.15) is 4.68 Å². The van der Waals surface area contributed by atoms with Crippen molar-refractivity contribution in [1.29, 1.82) is 0 Å². The number of para-hydroxylation sites is 1. The molecule has 7 nitrogen and oxygen atoms in total. The van der Waals surface area contributed by atoms with Crippen LogP contribution < -0.4 is 10.1 Å². The first-order valence-electron chi connectivity index (χ1n) is 8.47. The number of tetrazole rings is 1. The Kier molecular flexibility index (Phi) is 5.58. The maximum Gasteiger partial charge on any atom is 0.224 e. The zero-order valence-electron chi connectivity index (χ0n) is 14.8. The number of aryl methyl sites for hydroxylation is 2. The molecule has 0 unspecified atom stereocenters. The molecule has 1 heterocycles. The highest BCUT2D eigenvalue weighted by Gasteiger charge is 2.09. The molecule has 3 aromatic rings. The lowest BCUT2D eigenvalue weighted by atomic mass is 10.1. The molecule has 26 heavy (non-hydrogen) atoms. The molecule has 0 bridgehead atoms. The van der Waals surface area contributed by atoms with Crippen molar-refractivity contribution in [3.8, 4) is 11.4 Å². The summed E-state index contributed by atoms with van der Waals surface area (Å²) in [5, 5.41) is 14.5. The lowest BCUT2D eigenvalue weighted by Crippen LogP contribution is -2.13. The summed E-state index contributed by atoms with van der Waals surface area (Å²) < 4.78 is 7.25. The summed E-state index contributed by atoms with van der Waals surface area (Å²) in [7, 11) is 0. The molecule has 0 aliphatic heterocycles. The van der Waals surface area contributed by atoms with E-state index in [1.807, 2.05) is 62.4 Å². The van der Waals surface area contributed by atoms with Crippen LogP contribution in [0.15, 0.2) is 48.5 Å². The van der Waals surface area contributed by atoms with E-state index in [0.29, 0.717) is 25.3 Å². The van der Waals surface area contributed by atoms with Gasteiger partial charge in [-0.15, -0.1) is 5.10 Å². The molecule has 2 aromatic carbocycles. The summed E-state index contributed by atoms with van der Waals surface area (Å²) in [6.45, 7) is 4.31. The molecule has 0 aliphatic carbocycles. The zero-order chi connectivity index (χ0) is 18.4. The Morgan fingerprint density at radius 2 is 1.96 bits per heavy atom. The fourth-order valence-corrected chi connectivity index (χ4v) is 2.53. The smallest absolute Gasteiger partial charge is 0.224 e. The average Bonchev–Trinajstić information content (AvgIpc) is 3.07. The average molecular weight is 351 g/mol. The van der Waals surface area contributed by atoms with E-state index in [9.17, 15) is 4.79 Å². The molecule has 7 heteroatoms. The van der Waals surface area contributed by atoms with Gasteiger partial charge in [-0.25, -0.2) is 0 Å². The van der Waals surface area contributed by atoms with Gasteiger partial charge in [0.2, 0.25) is 5.91 Å². The van der Waals surface area contributed by atoms with Gasteiger partial charge in [-0.3, -0.25) is 4.79 Å². The van der Waals surface area contributed by atoms with Crippen LogP contribution in [0.25, 0.3) is 5.69 Å². The molecule has 0 radical (unpaired) electrons. The number of carbonyl (C=O) groups excluding carboxylic acids is 1. The highest BCUT2D eigenvalue weighted by atomic mass is 16.5. The van der Waals surface area contributed by atoms with E-state index in [4.69, 9.17) is 4.74 Å². The SMILES string of the molecule is Cc1ccc(NC(=O)CCCOc2ccccc2)cc1-n1nnnc1C. The Morgan fingerprint density at radius 1 is 1.15 bits per heavy atom. The second-order valence-corrected chi connectivity index (χ2v) is 5.95. The van der Waals surface area contributed by atoms with Gasteiger partial charge in [0.1, 0.15) is 5.75 Å². The standard InChI is InChI=1S/C19H21N5O2/c1-14-10-11-16(13-18(14)24-15(2)21-22-23-24)20-19(25)9-6-12-26-17-7-4-3-5-8-17/h3-5,7-8,10-11,13H,6,9,12H2,1-2H3,(H,20,25). The number of rotatable bonds is 7. The number of hydrogen-bond donors (Lipinski definition) is 1. The first-order valence-corrected chi connectivity index (χ1v) is 8.47. The number of hydrogen-bond acceptors (Lipinski definition) is 5. The molecule has 1 aromatic heterocycles. The van der Waals surface area contributed by atoms with Crippen molar-refractivity contribution in [1.82, 2.24) is 20.2 Å². The minimum Gasteiger partial charge on any atom is -0.494 e. The van der Waals surface area contributed by atoms with Crippen molar-refractivity contribution < 1.29 is 9.53 Å². The zero-order valence-corrected chi connectivity index (χ0v) is 14.8. The third-order valence-corrected chi connectivity index (χ3v) is 3.91. The fraction of sp³-hybridized carbons (Fsp3) is 0.263. The van der Waals surface area contributed by atoms with Crippen molar-refractivity contribution in [3.05, 3.63) is 59.9 Å². The topological polar surface area (TPSA) is 81.9 Å². The van der Waals surface area contributed by atoms with Gasteiger partial charge in [-0.05, 0) is 60.5 Å². The predicted molar refractivity (Wildman–Crippen MR) is 98.4 cm³/mol. The van der Waals surface area contributed by atoms with Crippen molar-refractivity contribution >= 4 is 11.6 Å². The van der Waals surface area contributed by atoms with E-state index in [0.717, 1.165) is 22.7 Å². The highest BCUT2D eigenvalue weighted by Crippen LogP contribution is 2.19. The molecule has 1 N–H and O–H groups in total. The first kappa shape index (κ1) is 17.6. The van der Waals surface area contributed by atoms with E-state index in [2.05, 4.69) is 20.8 Å². The van der Waals surface area contributed by atoms with E-state index >= 15 is 0 Å². The third kappa shape index (κ3) is 4.44. The molecule has 134 valence electrons. The summed E-state index contributed by atoms with van der Waals surface area (Å²) in [5.74, 6) is 1.45. The molecule has 0 fully saturated rings. The number of nitrogens with zero attached hydrogens (tertiary/aromatic N) is 4. The molecular weight excluding hydrogens is 330 g/mol. The first-order chi connectivity index (χ1) is 12.6. The van der Waals surface area contributed by atoms with Gasteiger partial charge >= 0.3 is 0 Å². The number of amides is 1. The monoisotopic (exact) mass is 351 g/mol. The number of anilines is 1. The Balaban J connectivity index is 1.54. The maximum absolute atomic E-state index is 12.2. The minimum atomic E-state index is -0.0510. The molecule has 0 aliphatic rings. The quantitative estimate of drug-likeness (QED) is 0.662. The Bertz CT molecular complexity index is 877. The second kappa shape index (κ2) is 8.24. The number of aromatic nitrogens is 4. The third-order valence-electron chi connectivity index (χ3n) is 3.91. The summed E-state index contributed by atoms with van der Waals surface area (Å²) in [6, 6.07) is 15.3. The van der Waals surface area contributed by atoms with Crippen molar-refractivity contribution in [2.45, 2.75) is 26.7 Å². The summed E-state index contributed by atoms with van der Waals surface area (Å²) in [4.78, 5) is 12.2. The number of ether oxygens (including phenoxy) is 1. The number of carbonyl (C=O) groups is 1. The van der Waals surface area contributed by atoms with Crippen LogP contribution in [0.4, 0.5) is 5.69 Å². The molecular formula is C19H21N5O2. The highest BCUT2D eigenvalue weighted by molar-refractivity contribution is 5.91. The summed E-state index contributed by atoms with van der Waals surface area (Å²) in [5.41, 5.74) is 2.59. The van der Waals surface area contributed by atoms with Gasteiger partial charge in [0, 0.05) is 12.1 Å². The van der Waals surface area contributed by atoms with Gasteiger partial charge < -0.3 is 10.1 Å². The Hall–Kier alpha value is -3.22. The van der Waals surface area contributed by atoms with Gasteiger partial charge in [0.05, 0.1) is 12.3 Å². The lowest BCUT2D eigenvalue weighted by molar-refractivity contribution is -0.116. The molecule has 0 atom stereocenters. The summed E-state index contributed by atoms with van der Waals surface area (Å²) in [6.07, 6.45) is 1.03. The normalized spacial score (nSPS) is 10.5. The van der Waals surface area contributed by atoms with E-state index in [1.165, 1.54) is 0 Å². The van der Waals surface area contributed by atoms with E-state index in [-0.39, 0.29) is 5.91 Å². The second-order valence-electron chi connectivity index (χ2n) is 5.95. The Labute approximate surface area is 152 Å². The van der Waals surface area contributed by atoms with Crippen LogP contribution in [-0.4, -0.2) is 32.7 Å². The molecule has 3 rings (SSSR count). The van der Waals surface area contributed by atoms with Gasteiger partial charge in [-0.1, -0.05) is 24.3 Å². The maximum atomic E-state index is 12.2. The molecule has 0 saturated carbocycles. The minimum absolute atomic E-state index is 0.0510. The van der Waals surface area contributed by atoms with Crippen LogP contribution >= 0.6 is 0 Å². The molecule has 0 saturated heterocycles. The van der Waals surface area contributed by atoms with Gasteiger partial charge in [0.15, 0.2) is 5.82 Å². The van der Waals surface area contributed by atoms with Crippen molar-refractivity contribution in [3.63, 3.8) is 0 Å². The number of benzene rings is 2. The van der Waals surface area contributed by atoms with Crippen LogP contribution in [0.1, 0.15) is 24.2 Å². The Morgan fingerprint density at radius 3 is 2.69 bits per heavy atom. The van der Waals surface area contributed by atoms with Crippen LogP contribution in [0.2, 0.25) is 0 Å². The van der Waals surface area contributed by atoms with Crippen LogP contribution in [0, 0.1) is 13.8 Å². The van der Waals surface area contributed by atoms with E-state index in [1.54, 1.807) is 4.68 Å².